The summed E-state index contributed by atoms with van der Waals surface area (Å²) in [6.07, 6.45) is 0. The van der Waals surface area contributed by atoms with Gasteiger partial charge >= 0.3 is 0 Å². The molecule has 0 unspecified atom stereocenters. The standard InChI is InChI=1S/C19H20Cl2N2O4/c1-4-26-18-15(20)9-13(10-16(18)21)27-11-12-7-5-6-8-14(12)17(23-25-3)19(24)22-2/h5-10H,4,11H2,1-3H3,(H,22,24)/b23-17+. The highest BCUT2D eigenvalue weighted by Crippen LogP contribution is 2.37. The number of hydrogen-bond donors (Lipinski definition) is 1. The fraction of sp³-hybridized carbons (Fsp3) is 0.263. The van der Waals surface area contributed by atoms with Crippen LogP contribution in [0.3, 0.4) is 0 Å². The van der Waals surface area contributed by atoms with Gasteiger partial charge < -0.3 is 19.6 Å². The Bertz CT molecular complexity index is 817. The first-order chi connectivity index (χ1) is 13.0. The minimum Gasteiger partial charge on any atom is -0.491 e. The highest BCUT2D eigenvalue weighted by Gasteiger charge is 2.18. The zero-order chi connectivity index (χ0) is 19.8. The van der Waals surface area contributed by atoms with Crippen LogP contribution in [0.2, 0.25) is 10.0 Å². The molecule has 0 bridgehead atoms. The van der Waals surface area contributed by atoms with Crippen LogP contribution in [0.5, 0.6) is 11.5 Å². The van der Waals surface area contributed by atoms with Crippen LogP contribution in [0.25, 0.3) is 0 Å². The molecule has 8 heteroatoms. The van der Waals surface area contributed by atoms with Crippen molar-refractivity contribution in [2.45, 2.75) is 13.5 Å². The number of rotatable bonds is 8. The molecule has 0 saturated heterocycles. The van der Waals surface area contributed by atoms with Gasteiger partial charge in [-0.05, 0) is 12.5 Å². The Morgan fingerprint density at radius 3 is 2.41 bits per heavy atom. The predicted octanol–water partition coefficient (Wildman–Crippen LogP) is 4.07. The van der Waals surface area contributed by atoms with Crippen molar-refractivity contribution in [2.75, 3.05) is 20.8 Å². The molecule has 0 atom stereocenters. The SMILES string of the molecule is CCOc1c(Cl)cc(OCc2ccccc2/C(=N\OC)C(=O)NC)cc1Cl. The molecular weight excluding hydrogens is 391 g/mol. The number of halogens is 2. The number of amides is 1. The number of ether oxygens (including phenoxy) is 2. The Morgan fingerprint density at radius 2 is 1.81 bits per heavy atom. The van der Waals surface area contributed by atoms with E-state index in [4.69, 9.17) is 37.5 Å². The van der Waals surface area contributed by atoms with E-state index < -0.39 is 0 Å². The van der Waals surface area contributed by atoms with E-state index in [9.17, 15) is 4.79 Å². The molecule has 27 heavy (non-hydrogen) atoms. The highest BCUT2D eigenvalue weighted by atomic mass is 35.5. The van der Waals surface area contributed by atoms with Gasteiger partial charge in [0.1, 0.15) is 19.5 Å². The Kier molecular flexibility index (Phi) is 7.76. The minimum absolute atomic E-state index is 0.155. The van der Waals surface area contributed by atoms with Gasteiger partial charge in [-0.15, -0.1) is 0 Å². The summed E-state index contributed by atoms with van der Waals surface area (Å²) in [4.78, 5) is 16.9. The zero-order valence-corrected chi connectivity index (χ0v) is 16.7. The van der Waals surface area contributed by atoms with Crippen molar-refractivity contribution in [3.05, 3.63) is 57.6 Å². The predicted molar refractivity (Wildman–Crippen MR) is 106 cm³/mol. The van der Waals surface area contributed by atoms with Crippen molar-refractivity contribution in [3.63, 3.8) is 0 Å². The molecule has 6 nitrogen and oxygen atoms in total. The maximum atomic E-state index is 12.1. The fourth-order valence-electron chi connectivity index (χ4n) is 2.36. The van der Waals surface area contributed by atoms with Gasteiger partial charge in [-0.2, -0.15) is 0 Å². The lowest BCUT2D eigenvalue weighted by atomic mass is 10.0. The summed E-state index contributed by atoms with van der Waals surface area (Å²) in [6, 6.07) is 10.5. The van der Waals surface area contributed by atoms with Crippen molar-refractivity contribution in [1.29, 1.82) is 0 Å². The van der Waals surface area contributed by atoms with Crippen LogP contribution in [0.4, 0.5) is 0 Å². The smallest absolute Gasteiger partial charge is 0.273 e. The van der Waals surface area contributed by atoms with Crippen LogP contribution in [0.1, 0.15) is 18.1 Å². The van der Waals surface area contributed by atoms with E-state index in [1.807, 2.05) is 19.1 Å². The summed E-state index contributed by atoms with van der Waals surface area (Å²) in [7, 11) is 2.91. The van der Waals surface area contributed by atoms with E-state index >= 15 is 0 Å². The van der Waals surface area contributed by atoms with Crippen LogP contribution in [0.15, 0.2) is 41.6 Å². The quantitative estimate of drug-likeness (QED) is 0.525. The molecule has 1 N–H and O–H groups in total. The van der Waals surface area contributed by atoms with Crippen molar-refractivity contribution < 1.29 is 19.1 Å². The van der Waals surface area contributed by atoms with Crippen LogP contribution in [0, 0.1) is 0 Å². The van der Waals surface area contributed by atoms with Gasteiger partial charge in [-0.25, -0.2) is 0 Å². The summed E-state index contributed by atoms with van der Waals surface area (Å²) in [5.41, 5.74) is 1.50. The van der Waals surface area contributed by atoms with E-state index in [2.05, 4.69) is 10.5 Å². The lowest BCUT2D eigenvalue weighted by molar-refractivity contribution is -0.114. The largest absolute Gasteiger partial charge is 0.491 e. The third-order valence-corrected chi connectivity index (χ3v) is 4.11. The molecule has 0 aromatic heterocycles. The average Bonchev–Trinajstić information content (AvgIpc) is 2.67. The second kappa shape index (κ2) is 10.0. The van der Waals surface area contributed by atoms with E-state index in [1.165, 1.54) is 14.2 Å². The number of benzene rings is 2. The summed E-state index contributed by atoms with van der Waals surface area (Å²) < 4.78 is 11.2. The molecule has 2 aromatic rings. The van der Waals surface area contributed by atoms with Gasteiger partial charge in [0.05, 0.1) is 16.7 Å². The van der Waals surface area contributed by atoms with E-state index in [1.54, 1.807) is 24.3 Å². The van der Waals surface area contributed by atoms with Crippen molar-refractivity contribution in [1.82, 2.24) is 5.32 Å². The second-order valence-corrected chi connectivity index (χ2v) is 6.11. The molecule has 0 saturated carbocycles. The molecule has 0 radical (unpaired) electrons. The fourth-order valence-corrected chi connectivity index (χ4v) is 2.94. The molecule has 2 aromatic carbocycles. The number of nitrogens with zero attached hydrogens (tertiary/aromatic N) is 1. The molecule has 0 heterocycles. The molecule has 0 aliphatic carbocycles. The molecule has 1 amide bonds. The first-order valence-corrected chi connectivity index (χ1v) is 8.93. The highest BCUT2D eigenvalue weighted by molar-refractivity contribution is 6.45. The average molecular weight is 411 g/mol. The molecular formula is C19H20Cl2N2O4. The van der Waals surface area contributed by atoms with Gasteiger partial charge in [0.15, 0.2) is 11.5 Å². The van der Waals surface area contributed by atoms with E-state index in [-0.39, 0.29) is 18.2 Å². The second-order valence-electron chi connectivity index (χ2n) is 5.30. The maximum absolute atomic E-state index is 12.1. The number of nitrogens with one attached hydrogen (secondary N) is 1. The van der Waals surface area contributed by atoms with Crippen LogP contribution >= 0.6 is 23.2 Å². The van der Waals surface area contributed by atoms with Crippen LogP contribution in [-0.2, 0) is 16.2 Å². The summed E-state index contributed by atoms with van der Waals surface area (Å²) in [6.45, 7) is 2.48. The lowest BCUT2D eigenvalue weighted by Crippen LogP contribution is -2.29. The molecule has 0 aliphatic heterocycles. The monoisotopic (exact) mass is 410 g/mol. The molecule has 2 rings (SSSR count). The maximum Gasteiger partial charge on any atom is 0.273 e. The first-order valence-electron chi connectivity index (χ1n) is 8.17. The summed E-state index contributed by atoms with van der Waals surface area (Å²) in [5, 5.41) is 7.10. The molecule has 144 valence electrons. The zero-order valence-electron chi connectivity index (χ0n) is 15.2. The summed E-state index contributed by atoms with van der Waals surface area (Å²) in [5.74, 6) is 0.535. The number of carbonyl (C=O) groups is 1. The molecule has 0 fully saturated rings. The van der Waals surface area contributed by atoms with Crippen LogP contribution < -0.4 is 14.8 Å². The topological polar surface area (TPSA) is 69.1 Å². The third-order valence-electron chi connectivity index (χ3n) is 3.55. The number of carbonyl (C=O) groups excluding carboxylic acids is 1. The Balaban J connectivity index is 2.27. The van der Waals surface area contributed by atoms with Gasteiger partial charge in [0, 0.05) is 24.7 Å². The van der Waals surface area contributed by atoms with Gasteiger partial charge in [0.25, 0.3) is 5.91 Å². The molecule has 0 aliphatic rings. The Labute approximate surface area is 168 Å². The van der Waals surface area contributed by atoms with E-state index in [0.29, 0.717) is 33.7 Å². The van der Waals surface area contributed by atoms with Crippen molar-refractivity contribution in [2.24, 2.45) is 5.16 Å². The number of likely N-dealkylation sites (N-methyl/N-ethyl adjacent to an activating group) is 1. The summed E-state index contributed by atoms with van der Waals surface area (Å²) >= 11 is 12.4. The van der Waals surface area contributed by atoms with Gasteiger partial charge in [-0.1, -0.05) is 52.6 Å². The van der Waals surface area contributed by atoms with E-state index in [0.717, 1.165) is 5.56 Å². The van der Waals surface area contributed by atoms with Crippen molar-refractivity contribution >= 4 is 34.8 Å². The van der Waals surface area contributed by atoms with Crippen molar-refractivity contribution in [3.8, 4) is 11.5 Å². The minimum atomic E-state index is -0.364. The van der Waals surface area contributed by atoms with Gasteiger partial charge in [-0.3, -0.25) is 4.79 Å². The Morgan fingerprint density at radius 1 is 1.15 bits per heavy atom. The Hall–Kier alpha value is -2.44. The third kappa shape index (κ3) is 5.28. The number of oxime groups is 1. The van der Waals surface area contributed by atoms with Crippen LogP contribution in [-0.4, -0.2) is 32.4 Å². The normalized spacial score (nSPS) is 11.1. The lowest BCUT2D eigenvalue weighted by Gasteiger charge is -2.14. The van der Waals surface area contributed by atoms with Gasteiger partial charge in [0.2, 0.25) is 0 Å². The number of hydrogen-bond acceptors (Lipinski definition) is 5. The first kappa shape index (κ1) is 20.9. The molecule has 0 spiro atoms.